The zero-order valence-electron chi connectivity index (χ0n) is 18.8. The van der Waals surface area contributed by atoms with Gasteiger partial charge in [-0.05, 0) is 19.1 Å². The number of rotatable bonds is 7. The first-order valence-electron chi connectivity index (χ1n) is 9.94. The van der Waals surface area contributed by atoms with E-state index in [2.05, 4.69) is 0 Å². The summed E-state index contributed by atoms with van der Waals surface area (Å²) >= 11 is 0. The Labute approximate surface area is 191 Å². The molecule has 0 N–H and O–H groups in total. The van der Waals surface area contributed by atoms with E-state index in [1.54, 1.807) is 19.1 Å². The third-order valence-electron chi connectivity index (χ3n) is 4.64. The fraction of sp³-hybridized carbons (Fsp3) is 0.524. The second-order valence-corrected chi connectivity index (χ2v) is 9.53. The minimum Gasteiger partial charge on any atom is -0.463 e. The van der Waals surface area contributed by atoms with Crippen molar-refractivity contribution in [2.75, 3.05) is 6.61 Å². The first-order chi connectivity index (χ1) is 15.3. The molecule has 0 aromatic heterocycles. The lowest BCUT2D eigenvalue weighted by molar-refractivity contribution is -0.257. The van der Waals surface area contributed by atoms with Gasteiger partial charge in [0.1, 0.15) is 12.7 Å². The first kappa shape index (κ1) is 26.3. The van der Waals surface area contributed by atoms with Crippen LogP contribution < -0.4 is 0 Å². The van der Waals surface area contributed by atoms with E-state index in [0.29, 0.717) is 0 Å². The Hall–Kier alpha value is -2.99. The van der Waals surface area contributed by atoms with Gasteiger partial charge in [-0.25, -0.2) is 8.42 Å². The van der Waals surface area contributed by atoms with Crippen LogP contribution >= 0.6 is 0 Å². The van der Waals surface area contributed by atoms with Crippen molar-refractivity contribution in [3.63, 3.8) is 0 Å². The molecule has 0 saturated carbocycles. The summed E-state index contributed by atoms with van der Waals surface area (Å²) < 4.78 is 53.4. The van der Waals surface area contributed by atoms with E-state index in [9.17, 15) is 27.6 Å². The zero-order valence-corrected chi connectivity index (χ0v) is 19.6. The van der Waals surface area contributed by atoms with Crippen LogP contribution in [0.1, 0.15) is 33.3 Å². The average molecular weight is 486 g/mol. The molecule has 0 bridgehead atoms. The maximum absolute atomic E-state index is 13.6. The zero-order chi connectivity index (χ0) is 24.9. The van der Waals surface area contributed by atoms with Crippen LogP contribution in [0.25, 0.3) is 0 Å². The predicted octanol–water partition coefficient (Wildman–Crippen LogP) is 0.852. The Balaban J connectivity index is 2.64. The molecule has 1 saturated heterocycles. The van der Waals surface area contributed by atoms with Crippen LogP contribution in [-0.4, -0.2) is 68.8 Å². The van der Waals surface area contributed by atoms with Crippen molar-refractivity contribution in [1.29, 1.82) is 0 Å². The number of carbonyl (C=O) groups excluding carboxylic acids is 4. The topological polar surface area (TPSA) is 149 Å². The van der Waals surface area contributed by atoms with Gasteiger partial charge in [0.05, 0.1) is 4.90 Å². The van der Waals surface area contributed by atoms with Crippen molar-refractivity contribution in [1.82, 2.24) is 0 Å². The fourth-order valence-corrected chi connectivity index (χ4v) is 5.15. The summed E-state index contributed by atoms with van der Waals surface area (Å²) in [6, 6.07) is 5.80. The van der Waals surface area contributed by atoms with Crippen molar-refractivity contribution >= 4 is 33.7 Å². The molecule has 0 amide bonds. The summed E-state index contributed by atoms with van der Waals surface area (Å²) in [6.07, 6.45) is -6.18. The molecule has 182 valence electrons. The molecule has 12 heteroatoms. The fourth-order valence-electron chi connectivity index (χ4n) is 3.34. The molecule has 1 aliphatic rings. The van der Waals surface area contributed by atoms with Crippen molar-refractivity contribution < 1.29 is 51.3 Å². The van der Waals surface area contributed by atoms with E-state index in [0.717, 1.165) is 33.3 Å². The van der Waals surface area contributed by atoms with Crippen LogP contribution in [0, 0.1) is 6.92 Å². The Morgan fingerprint density at radius 1 is 0.818 bits per heavy atom. The number of hydrogen-bond acceptors (Lipinski definition) is 11. The van der Waals surface area contributed by atoms with Gasteiger partial charge in [-0.1, -0.05) is 17.7 Å². The second-order valence-electron chi connectivity index (χ2n) is 7.43. The van der Waals surface area contributed by atoms with Crippen LogP contribution in [0.4, 0.5) is 0 Å². The van der Waals surface area contributed by atoms with Gasteiger partial charge in [-0.15, -0.1) is 0 Å². The summed E-state index contributed by atoms with van der Waals surface area (Å²) in [5.41, 5.74) is 0.793. The Kier molecular flexibility index (Phi) is 8.56. The van der Waals surface area contributed by atoms with Gasteiger partial charge >= 0.3 is 23.9 Å². The molecule has 33 heavy (non-hydrogen) atoms. The molecule has 5 atom stereocenters. The number of aryl methyl sites for hydroxylation is 1. The van der Waals surface area contributed by atoms with E-state index in [-0.39, 0.29) is 4.90 Å². The number of hydrogen-bond donors (Lipinski definition) is 0. The predicted molar refractivity (Wildman–Crippen MR) is 110 cm³/mol. The summed E-state index contributed by atoms with van der Waals surface area (Å²) in [5.74, 6) is -3.27. The summed E-state index contributed by atoms with van der Waals surface area (Å²) in [5, 5.41) is -1.79. The highest BCUT2D eigenvalue weighted by atomic mass is 32.2. The summed E-state index contributed by atoms with van der Waals surface area (Å²) in [6.45, 7) is 5.55. The van der Waals surface area contributed by atoms with Gasteiger partial charge in [0.15, 0.2) is 27.3 Å². The number of benzene rings is 1. The average Bonchev–Trinajstić information content (AvgIpc) is 2.67. The van der Waals surface area contributed by atoms with E-state index in [4.69, 9.17) is 23.7 Å². The molecule has 1 aliphatic heterocycles. The molecular formula is C21H26O11S. The third-order valence-corrected chi connectivity index (χ3v) is 6.77. The van der Waals surface area contributed by atoms with Crippen LogP contribution in [0.3, 0.4) is 0 Å². The van der Waals surface area contributed by atoms with Crippen molar-refractivity contribution in [3.05, 3.63) is 29.8 Å². The second kappa shape index (κ2) is 10.8. The maximum Gasteiger partial charge on any atom is 0.304 e. The van der Waals surface area contributed by atoms with Gasteiger partial charge in [0, 0.05) is 27.7 Å². The van der Waals surface area contributed by atoms with Crippen LogP contribution in [0.2, 0.25) is 0 Å². The highest BCUT2D eigenvalue weighted by molar-refractivity contribution is 7.92. The standard InChI is InChI=1S/C21H26O11S/c1-11-6-8-16(9-7-11)33(26,27)20-19(30-14(4)24)18(29-13(3)23)17(10-28-12(2)22)32-21(20)31-15(5)25/h6-9,17-21H,10H2,1-5H3/t17-,18-,19+,20-,21-/m1/s1. The minimum atomic E-state index is -4.37. The monoisotopic (exact) mass is 486 g/mol. The normalized spacial score (nSPS) is 24.9. The molecule has 2 rings (SSSR count). The van der Waals surface area contributed by atoms with Crippen molar-refractivity contribution in [2.45, 2.75) is 69.4 Å². The SMILES string of the molecule is CC(=O)OC[C@H]1O[C@@H](OC(C)=O)[C@H](S(=O)(=O)c2ccc(C)cc2)[C@@H](OC(C)=O)[C@@H]1OC(C)=O. The first-order valence-corrected chi connectivity index (χ1v) is 11.5. The Bertz CT molecular complexity index is 1000. The molecule has 0 unspecified atom stereocenters. The Morgan fingerprint density at radius 3 is 1.82 bits per heavy atom. The molecule has 1 aromatic carbocycles. The molecule has 0 radical (unpaired) electrons. The highest BCUT2D eigenvalue weighted by Gasteiger charge is 2.57. The molecule has 1 fully saturated rings. The molecule has 0 aliphatic carbocycles. The Morgan fingerprint density at radius 2 is 1.33 bits per heavy atom. The molecule has 1 aromatic rings. The summed E-state index contributed by atoms with van der Waals surface area (Å²) in [7, 11) is -4.37. The highest BCUT2D eigenvalue weighted by Crippen LogP contribution is 2.35. The number of sulfone groups is 1. The van der Waals surface area contributed by atoms with Gasteiger partial charge in [-0.2, -0.15) is 0 Å². The smallest absolute Gasteiger partial charge is 0.304 e. The number of esters is 4. The van der Waals surface area contributed by atoms with E-state index < -0.39 is 70.2 Å². The van der Waals surface area contributed by atoms with E-state index in [1.165, 1.54) is 12.1 Å². The lowest BCUT2D eigenvalue weighted by Crippen LogP contribution is -2.64. The van der Waals surface area contributed by atoms with E-state index in [1.807, 2.05) is 0 Å². The van der Waals surface area contributed by atoms with Gasteiger partial charge in [0.2, 0.25) is 6.29 Å². The van der Waals surface area contributed by atoms with Crippen molar-refractivity contribution in [3.8, 4) is 0 Å². The molecular weight excluding hydrogens is 460 g/mol. The summed E-state index contributed by atoms with van der Waals surface area (Å²) in [4.78, 5) is 46.6. The quantitative estimate of drug-likeness (QED) is 0.399. The van der Waals surface area contributed by atoms with Gasteiger partial charge in [0.25, 0.3) is 0 Å². The van der Waals surface area contributed by atoms with Crippen LogP contribution in [0.5, 0.6) is 0 Å². The lowest BCUT2D eigenvalue weighted by Gasteiger charge is -2.43. The molecule has 0 spiro atoms. The van der Waals surface area contributed by atoms with Gasteiger partial charge < -0.3 is 23.7 Å². The van der Waals surface area contributed by atoms with E-state index >= 15 is 0 Å². The molecule has 11 nitrogen and oxygen atoms in total. The largest absolute Gasteiger partial charge is 0.463 e. The number of carbonyl (C=O) groups is 4. The minimum absolute atomic E-state index is 0.156. The van der Waals surface area contributed by atoms with Crippen LogP contribution in [0.15, 0.2) is 29.2 Å². The van der Waals surface area contributed by atoms with Crippen molar-refractivity contribution in [2.24, 2.45) is 0 Å². The maximum atomic E-state index is 13.6. The third kappa shape index (κ3) is 6.75. The lowest BCUT2D eigenvalue weighted by atomic mass is 10.0. The van der Waals surface area contributed by atoms with Crippen LogP contribution in [-0.2, 0) is 52.7 Å². The molecule has 1 heterocycles. The number of ether oxygens (including phenoxy) is 5. The van der Waals surface area contributed by atoms with Gasteiger partial charge in [-0.3, -0.25) is 19.2 Å².